The highest BCUT2D eigenvalue weighted by Crippen LogP contribution is 2.55. The first-order valence-electron chi connectivity index (χ1n) is 5.44. The van der Waals surface area contributed by atoms with Gasteiger partial charge in [-0.2, -0.15) is 0 Å². The second-order valence-corrected chi connectivity index (χ2v) is 7.64. The van der Waals surface area contributed by atoms with Gasteiger partial charge in [0, 0.05) is 18.7 Å². The molecule has 0 amide bonds. The molecule has 0 aromatic heterocycles. The van der Waals surface area contributed by atoms with E-state index in [2.05, 4.69) is 46.2 Å². The maximum absolute atomic E-state index is 5.75. The Hall–Kier alpha value is 0.310. The van der Waals surface area contributed by atoms with Gasteiger partial charge in [0.25, 0.3) is 8.53 Å². The lowest BCUT2D eigenvalue weighted by Gasteiger charge is -2.42. The first kappa shape index (κ1) is 13.4. The summed E-state index contributed by atoms with van der Waals surface area (Å²) in [6.07, 6.45) is 0. The standard InChI is InChI=1S/C11H24NO2P/c1-10(2,3)9-8-14-15(13-7)12(9)11(4,5)6/h9H,8H2,1-7H3. The van der Waals surface area contributed by atoms with Crippen LogP contribution in [0.3, 0.4) is 0 Å². The molecule has 1 saturated heterocycles. The molecule has 1 fully saturated rings. The van der Waals surface area contributed by atoms with Crippen molar-refractivity contribution in [1.29, 1.82) is 0 Å². The molecule has 2 atom stereocenters. The number of nitrogens with zero attached hydrogens (tertiary/aromatic N) is 1. The van der Waals surface area contributed by atoms with Crippen molar-refractivity contribution in [3.8, 4) is 0 Å². The molecule has 1 aliphatic rings. The minimum absolute atomic E-state index is 0.0934. The van der Waals surface area contributed by atoms with Crippen molar-refractivity contribution < 1.29 is 9.05 Å². The molecule has 1 rings (SSSR count). The van der Waals surface area contributed by atoms with Crippen LogP contribution < -0.4 is 0 Å². The molecule has 0 saturated carbocycles. The molecule has 0 N–H and O–H groups in total. The van der Waals surface area contributed by atoms with Crippen LogP contribution in [0.4, 0.5) is 0 Å². The second kappa shape index (κ2) is 4.29. The van der Waals surface area contributed by atoms with Gasteiger partial charge in [0.05, 0.1) is 6.61 Å². The van der Waals surface area contributed by atoms with Crippen molar-refractivity contribution >= 4 is 8.53 Å². The van der Waals surface area contributed by atoms with Crippen molar-refractivity contribution in [3.63, 3.8) is 0 Å². The van der Waals surface area contributed by atoms with Gasteiger partial charge in [-0.25, -0.2) is 4.67 Å². The molecule has 0 spiro atoms. The van der Waals surface area contributed by atoms with E-state index in [4.69, 9.17) is 9.05 Å². The van der Waals surface area contributed by atoms with Gasteiger partial charge in [-0.3, -0.25) is 0 Å². The molecule has 0 aromatic rings. The normalized spacial score (nSPS) is 29.8. The molecule has 1 heterocycles. The molecule has 1 aliphatic heterocycles. The Morgan fingerprint density at radius 3 is 2.07 bits per heavy atom. The quantitative estimate of drug-likeness (QED) is 0.648. The van der Waals surface area contributed by atoms with Crippen LogP contribution in [0.15, 0.2) is 0 Å². The number of hydrogen-bond donors (Lipinski definition) is 0. The fourth-order valence-corrected chi connectivity index (χ4v) is 3.66. The van der Waals surface area contributed by atoms with Crippen molar-refractivity contribution in [1.82, 2.24) is 4.67 Å². The summed E-state index contributed by atoms with van der Waals surface area (Å²) >= 11 is 0. The van der Waals surface area contributed by atoms with Gasteiger partial charge in [0.1, 0.15) is 0 Å². The monoisotopic (exact) mass is 233 g/mol. The third-order valence-electron chi connectivity index (χ3n) is 2.66. The van der Waals surface area contributed by atoms with E-state index >= 15 is 0 Å². The topological polar surface area (TPSA) is 21.7 Å². The average molecular weight is 233 g/mol. The molecule has 90 valence electrons. The van der Waals surface area contributed by atoms with Crippen LogP contribution in [0, 0.1) is 5.41 Å². The Morgan fingerprint density at radius 1 is 1.20 bits per heavy atom. The summed E-state index contributed by atoms with van der Waals surface area (Å²) in [7, 11) is 0.867. The van der Waals surface area contributed by atoms with Crippen molar-refractivity contribution in [2.45, 2.75) is 53.1 Å². The van der Waals surface area contributed by atoms with Crippen LogP contribution in [0.5, 0.6) is 0 Å². The van der Waals surface area contributed by atoms with E-state index in [-0.39, 0.29) is 11.0 Å². The van der Waals surface area contributed by atoms with Gasteiger partial charge >= 0.3 is 0 Å². The highest BCUT2D eigenvalue weighted by molar-refractivity contribution is 7.44. The van der Waals surface area contributed by atoms with E-state index < -0.39 is 8.53 Å². The molecule has 0 bridgehead atoms. The first-order chi connectivity index (χ1) is 6.68. The van der Waals surface area contributed by atoms with Gasteiger partial charge < -0.3 is 9.05 Å². The van der Waals surface area contributed by atoms with Crippen LogP contribution >= 0.6 is 8.53 Å². The van der Waals surface area contributed by atoms with Gasteiger partial charge in [-0.05, 0) is 26.2 Å². The third kappa shape index (κ3) is 2.91. The smallest absolute Gasteiger partial charge is 0.259 e. The highest BCUT2D eigenvalue weighted by Gasteiger charge is 2.47. The van der Waals surface area contributed by atoms with Crippen LogP contribution in [-0.4, -0.2) is 30.0 Å². The van der Waals surface area contributed by atoms with Gasteiger partial charge in [0.2, 0.25) is 0 Å². The zero-order chi connectivity index (χ0) is 11.9. The van der Waals surface area contributed by atoms with E-state index in [0.717, 1.165) is 6.61 Å². The van der Waals surface area contributed by atoms with E-state index in [1.807, 2.05) is 0 Å². The number of hydrogen-bond acceptors (Lipinski definition) is 3. The summed E-state index contributed by atoms with van der Waals surface area (Å²) < 4.78 is 13.6. The summed E-state index contributed by atoms with van der Waals surface area (Å²) in [4.78, 5) is 0. The molecule has 3 nitrogen and oxygen atoms in total. The van der Waals surface area contributed by atoms with Crippen LogP contribution in [0.2, 0.25) is 0 Å². The summed E-state index contributed by atoms with van der Waals surface area (Å²) in [5.74, 6) is 0. The van der Waals surface area contributed by atoms with Gasteiger partial charge in [0.15, 0.2) is 0 Å². The Labute approximate surface area is 95.1 Å². The summed E-state index contributed by atoms with van der Waals surface area (Å²) in [5.41, 5.74) is 0.319. The zero-order valence-electron chi connectivity index (χ0n) is 11.0. The fourth-order valence-electron chi connectivity index (χ4n) is 1.85. The molecule has 0 radical (unpaired) electrons. The fraction of sp³-hybridized carbons (Fsp3) is 1.00. The van der Waals surface area contributed by atoms with E-state index in [1.165, 1.54) is 0 Å². The molecule has 15 heavy (non-hydrogen) atoms. The average Bonchev–Trinajstić information content (AvgIpc) is 2.44. The van der Waals surface area contributed by atoms with E-state index in [1.54, 1.807) is 7.11 Å². The third-order valence-corrected chi connectivity index (χ3v) is 4.57. The van der Waals surface area contributed by atoms with E-state index in [9.17, 15) is 0 Å². The predicted octanol–water partition coefficient (Wildman–Crippen LogP) is 3.41. The molecule has 4 heteroatoms. The zero-order valence-corrected chi connectivity index (χ0v) is 11.9. The van der Waals surface area contributed by atoms with Gasteiger partial charge in [-0.15, -0.1) is 0 Å². The van der Waals surface area contributed by atoms with Crippen LogP contribution in [0.1, 0.15) is 41.5 Å². The molecular weight excluding hydrogens is 209 g/mol. The summed E-state index contributed by atoms with van der Waals surface area (Å²) in [5, 5.41) is 0. The summed E-state index contributed by atoms with van der Waals surface area (Å²) in [6.45, 7) is 14.2. The minimum Gasteiger partial charge on any atom is -0.325 e. The van der Waals surface area contributed by atoms with Crippen LogP contribution in [-0.2, 0) is 9.05 Å². The maximum Gasteiger partial charge on any atom is 0.259 e. The largest absolute Gasteiger partial charge is 0.325 e. The Balaban J connectivity index is 2.92. The van der Waals surface area contributed by atoms with E-state index in [0.29, 0.717) is 6.04 Å². The lowest BCUT2D eigenvalue weighted by Crippen LogP contribution is -2.48. The lowest BCUT2D eigenvalue weighted by atomic mass is 9.85. The minimum atomic E-state index is -0.865. The molecule has 0 aromatic carbocycles. The predicted molar refractivity (Wildman–Crippen MR) is 64.7 cm³/mol. The maximum atomic E-state index is 5.75. The van der Waals surface area contributed by atoms with Crippen molar-refractivity contribution in [2.24, 2.45) is 5.41 Å². The Kier molecular flexibility index (Phi) is 3.83. The SMILES string of the molecule is COP1OCC(C(C)(C)C)N1C(C)(C)C. The Bertz CT molecular complexity index is 220. The van der Waals surface area contributed by atoms with Crippen LogP contribution in [0.25, 0.3) is 0 Å². The molecule has 0 aliphatic carbocycles. The Morgan fingerprint density at radius 2 is 1.73 bits per heavy atom. The lowest BCUT2D eigenvalue weighted by molar-refractivity contribution is 0.113. The second-order valence-electron chi connectivity index (χ2n) is 6.11. The molecular formula is C11H24NO2P. The highest BCUT2D eigenvalue weighted by atomic mass is 31.2. The summed E-state index contributed by atoms with van der Waals surface area (Å²) in [6, 6.07) is 0.434. The number of rotatable bonds is 1. The first-order valence-corrected chi connectivity index (χ1v) is 6.57. The van der Waals surface area contributed by atoms with Crippen molar-refractivity contribution in [2.75, 3.05) is 13.7 Å². The molecule has 2 unspecified atom stereocenters. The van der Waals surface area contributed by atoms with Gasteiger partial charge in [-0.1, -0.05) is 20.8 Å². The van der Waals surface area contributed by atoms with Crippen molar-refractivity contribution in [3.05, 3.63) is 0 Å².